The first-order chi connectivity index (χ1) is 12.5. The van der Waals surface area contributed by atoms with Gasteiger partial charge in [-0.05, 0) is 18.1 Å². The Morgan fingerprint density at radius 1 is 1.04 bits per heavy atom. The molecule has 0 saturated heterocycles. The molecule has 132 valence electrons. The molecule has 5 heteroatoms. The topological polar surface area (TPSA) is 93.2 Å². The first kappa shape index (κ1) is 18.9. The SMILES string of the molecule is C/C(N)=C(/C#N)C(=O)COC(=O)CC(c1ccccc1)c1ccccc1. The third-order valence-electron chi connectivity index (χ3n) is 3.92. The van der Waals surface area contributed by atoms with E-state index in [1.54, 1.807) is 6.07 Å². The van der Waals surface area contributed by atoms with Gasteiger partial charge in [0.15, 0.2) is 6.61 Å². The van der Waals surface area contributed by atoms with Crippen LogP contribution in [0.4, 0.5) is 0 Å². The summed E-state index contributed by atoms with van der Waals surface area (Å²) < 4.78 is 5.08. The molecule has 0 aliphatic rings. The lowest BCUT2D eigenvalue weighted by Gasteiger charge is -2.17. The molecule has 0 aliphatic carbocycles. The molecule has 2 rings (SSSR count). The molecule has 2 aromatic rings. The van der Waals surface area contributed by atoms with Crippen molar-refractivity contribution in [3.05, 3.63) is 83.1 Å². The van der Waals surface area contributed by atoms with Crippen molar-refractivity contribution in [3.63, 3.8) is 0 Å². The summed E-state index contributed by atoms with van der Waals surface area (Å²) in [6, 6.07) is 21.0. The highest BCUT2D eigenvalue weighted by Crippen LogP contribution is 2.28. The minimum absolute atomic E-state index is 0.0918. The second kappa shape index (κ2) is 9.19. The van der Waals surface area contributed by atoms with Gasteiger partial charge >= 0.3 is 5.97 Å². The Hall–Kier alpha value is -3.39. The number of hydrogen-bond acceptors (Lipinski definition) is 5. The van der Waals surface area contributed by atoms with Crippen molar-refractivity contribution in [1.29, 1.82) is 5.26 Å². The Bertz CT molecular complexity index is 793. The lowest BCUT2D eigenvalue weighted by molar-refractivity contribution is -0.147. The van der Waals surface area contributed by atoms with Gasteiger partial charge in [0, 0.05) is 11.6 Å². The van der Waals surface area contributed by atoms with Crippen molar-refractivity contribution in [2.24, 2.45) is 5.73 Å². The minimum atomic E-state index is -0.600. The summed E-state index contributed by atoms with van der Waals surface area (Å²) in [5.74, 6) is -1.29. The van der Waals surface area contributed by atoms with E-state index in [9.17, 15) is 9.59 Å². The van der Waals surface area contributed by atoms with Gasteiger partial charge in [0.25, 0.3) is 0 Å². The fraction of sp³-hybridized carbons (Fsp3) is 0.190. The van der Waals surface area contributed by atoms with Gasteiger partial charge in [-0.3, -0.25) is 9.59 Å². The predicted octanol–water partition coefficient (Wildman–Crippen LogP) is 3.08. The van der Waals surface area contributed by atoms with Gasteiger partial charge in [-0.2, -0.15) is 5.26 Å². The van der Waals surface area contributed by atoms with Crippen LogP contribution in [-0.2, 0) is 14.3 Å². The van der Waals surface area contributed by atoms with Crippen LogP contribution in [0.1, 0.15) is 30.4 Å². The van der Waals surface area contributed by atoms with E-state index in [2.05, 4.69) is 0 Å². The zero-order valence-electron chi connectivity index (χ0n) is 14.5. The van der Waals surface area contributed by atoms with Crippen molar-refractivity contribution in [2.75, 3.05) is 6.61 Å². The molecular weight excluding hydrogens is 328 g/mol. The number of ether oxygens (including phenoxy) is 1. The second-order valence-electron chi connectivity index (χ2n) is 5.83. The number of nitriles is 1. The summed E-state index contributed by atoms with van der Waals surface area (Å²) in [6.45, 7) is 0.964. The lowest BCUT2D eigenvalue weighted by Crippen LogP contribution is -2.19. The molecule has 0 fully saturated rings. The molecule has 2 N–H and O–H groups in total. The summed E-state index contributed by atoms with van der Waals surface area (Å²) in [6.07, 6.45) is 0.0918. The van der Waals surface area contributed by atoms with Crippen LogP contribution in [0.2, 0.25) is 0 Å². The van der Waals surface area contributed by atoms with Crippen LogP contribution < -0.4 is 5.73 Å². The highest BCUT2D eigenvalue weighted by molar-refractivity contribution is 6.01. The van der Waals surface area contributed by atoms with Crippen molar-refractivity contribution in [3.8, 4) is 6.07 Å². The molecule has 0 aliphatic heterocycles. The lowest BCUT2D eigenvalue weighted by atomic mass is 9.89. The first-order valence-corrected chi connectivity index (χ1v) is 8.18. The van der Waals surface area contributed by atoms with E-state index in [1.807, 2.05) is 60.7 Å². The van der Waals surface area contributed by atoms with Crippen molar-refractivity contribution in [1.82, 2.24) is 0 Å². The summed E-state index contributed by atoms with van der Waals surface area (Å²) in [5.41, 5.74) is 7.38. The number of carbonyl (C=O) groups is 2. The number of nitrogens with zero attached hydrogens (tertiary/aromatic N) is 1. The maximum atomic E-state index is 12.3. The normalized spacial score (nSPS) is 11.4. The Labute approximate surface area is 152 Å². The minimum Gasteiger partial charge on any atom is -0.457 e. The monoisotopic (exact) mass is 348 g/mol. The molecule has 0 saturated carbocycles. The molecule has 2 aromatic carbocycles. The molecule has 0 radical (unpaired) electrons. The molecule has 0 atom stereocenters. The molecule has 0 heterocycles. The first-order valence-electron chi connectivity index (χ1n) is 8.18. The smallest absolute Gasteiger partial charge is 0.307 e. The van der Waals surface area contributed by atoms with E-state index in [1.165, 1.54) is 6.92 Å². The van der Waals surface area contributed by atoms with Crippen molar-refractivity contribution >= 4 is 11.8 Å². The van der Waals surface area contributed by atoms with Gasteiger partial charge in [-0.1, -0.05) is 60.7 Å². The largest absolute Gasteiger partial charge is 0.457 e. The number of rotatable bonds is 7. The second-order valence-corrected chi connectivity index (χ2v) is 5.83. The summed E-state index contributed by atoms with van der Waals surface area (Å²) in [5, 5.41) is 8.93. The fourth-order valence-corrected chi connectivity index (χ4v) is 2.61. The summed E-state index contributed by atoms with van der Waals surface area (Å²) in [4.78, 5) is 24.2. The molecule has 26 heavy (non-hydrogen) atoms. The zero-order valence-corrected chi connectivity index (χ0v) is 14.5. The Kier molecular flexibility index (Phi) is 6.69. The highest BCUT2D eigenvalue weighted by atomic mass is 16.5. The van der Waals surface area contributed by atoms with Gasteiger partial charge < -0.3 is 10.5 Å². The van der Waals surface area contributed by atoms with Crippen LogP contribution >= 0.6 is 0 Å². The molecule has 0 bridgehead atoms. The fourth-order valence-electron chi connectivity index (χ4n) is 2.61. The van der Waals surface area contributed by atoms with Gasteiger partial charge in [0.2, 0.25) is 5.78 Å². The van der Waals surface area contributed by atoms with Gasteiger partial charge in [0.1, 0.15) is 11.6 Å². The maximum absolute atomic E-state index is 12.3. The van der Waals surface area contributed by atoms with Gasteiger partial charge in [0.05, 0.1) is 6.42 Å². The van der Waals surface area contributed by atoms with Gasteiger partial charge in [-0.15, -0.1) is 0 Å². The standard InChI is InChI=1S/C21H20N2O3/c1-15(23)19(13-22)20(24)14-26-21(25)12-18(16-8-4-2-5-9-16)17-10-6-3-7-11-17/h2-11,18H,12,14,23H2,1H3/b19-15+. The Morgan fingerprint density at radius 2 is 1.54 bits per heavy atom. The summed E-state index contributed by atoms with van der Waals surface area (Å²) in [7, 11) is 0. The van der Waals surface area contributed by atoms with Crippen LogP contribution in [-0.4, -0.2) is 18.4 Å². The molecule has 0 spiro atoms. The van der Waals surface area contributed by atoms with E-state index in [4.69, 9.17) is 15.7 Å². The Balaban J connectivity index is 2.10. The summed E-state index contributed by atoms with van der Waals surface area (Å²) >= 11 is 0. The zero-order chi connectivity index (χ0) is 18.9. The number of nitrogens with two attached hydrogens (primary N) is 1. The van der Waals surface area contributed by atoms with Crippen LogP contribution in [0.25, 0.3) is 0 Å². The average molecular weight is 348 g/mol. The van der Waals surface area contributed by atoms with E-state index in [0.717, 1.165) is 11.1 Å². The molecule has 0 aromatic heterocycles. The quantitative estimate of drug-likeness (QED) is 0.471. The number of allylic oxidation sites excluding steroid dienone is 1. The number of hydrogen-bond donors (Lipinski definition) is 1. The number of ketones is 1. The van der Waals surface area contributed by atoms with Crippen molar-refractivity contribution in [2.45, 2.75) is 19.3 Å². The van der Waals surface area contributed by atoms with Crippen LogP contribution in [0.3, 0.4) is 0 Å². The third-order valence-corrected chi connectivity index (χ3v) is 3.92. The van der Waals surface area contributed by atoms with E-state index in [-0.39, 0.29) is 23.6 Å². The van der Waals surface area contributed by atoms with Crippen LogP contribution in [0.15, 0.2) is 71.9 Å². The molecular formula is C21H20N2O3. The van der Waals surface area contributed by atoms with E-state index >= 15 is 0 Å². The average Bonchev–Trinajstić information content (AvgIpc) is 2.66. The van der Waals surface area contributed by atoms with Crippen molar-refractivity contribution < 1.29 is 14.3 Å². The maximum Gasteiger partial charge on any atom is 0.307 e. The van der Waals surface area contributed by atoms with E-state index < -0.39 is 18.4 Å². The number of esters is 1. The van der Waals surface area contributed by atoms with Gasteiger partial charge in [-0.25, -0.2) is 0 Å². The molecule has 5 nitrogen and oxygen atoms in total. The highest BCUT2D eigenvalue weighted by Gasteiger charge is 2.20. The number of benzene rings is 2. The van der Waals surface area contributed by atoms with Crippen LogP contribution in [0, 0.1) is 11.3 Å². The third kappa shape index (κ3) is 5.05. The molecule has 0 unspecified atom stereocenters. The van der Waals surface area contributed by atoms with E-state index in [0.29, 0.717) is 0 Å². The number of Topliss-reactive ketones (excluding diaryl/α,β-unsaturated/α-hetero) is 1. The Morgan fingerprint density at radius 3 is 1.96 bits per heavy atom. The number of carbonyl (C=O) groups excluding carboxylic acids is 2. The van der Waals surface area contributed by atoms with Crippen LogP contribution in [0.5, 0.6) is 0 Å². The molecule has 0 amide bonds. The predicted molar refractivity (Wildman–Crippen MR) is 97.8 cm³/mol.